The van der Waals surface area contributed by atoms with Crippen molar-refractivity contribution >= 4 is 11.5 Å². The lowest BCUT2D eigenvalue weighted by Crippen LogP contribution is -2.28. The summed E-state index contributed by atoms with van der Waals surface area (Å²) in [6.45, 7) is -0.315. The number of hydrogen-bond donors (Lipinski definition) is 4. The van der Waals surface area contributed by atoms with Crippen LogP contribution in [0.5, 0.6) is 0 Å². The molecule has 8 nitrogen and oxygen atoms in total. The Kier molecular flexibility index (Phi) is 3.01. The second-order valence-electron chi connectivity index (χ2n) is 3.89. The van der Waals surface area contributed by atoms with Gasteiger partial charge in [0.05, 0.1) is 18.4 Å². The summed E-state index contributed by atoms with van der Waals surface area (Å²) in [7, 11) is 0. The molecule has 0 unspecified atom stereocenters. The molecule has 1 fully saturated rings. The third-order valence-electron chi connectivity index (χ3n) is 2.71. The normalized spacial score (nSPS) is 28.5. The van der Waals surface area contributed by atoms with Crippen LogP contribution >= 0.6 is 0 Å². The quantitative estimate of drug-likeness (QED) is 0.473. The molecule has 0 radical (unpaired) electrons. The lowest BCUT2D eigenvalue weighted by molar-refractivity contribution is -0.0458. The number of anilines is 2. The number of aliphatic hydroxyl groups is 2. The fourth-order valence-electron chi connectivity index (χ4n) is 1.75. The topological polar surface area (TPSA) is 137 Å². The van der Waals surface area contributed by atoms with Crippen molar-refractivity contribution in [2.24, 2.45) is 0 Å². The van der Waals surface area contributed by atoms with Gasteiger partial charge in [-0.2, -0.15) is 4.98 Å². The molecule has 3 atom stereocenters. The van der Waals surface area contributed by atoms with E-state index >= 15 is 0 Å². The highest BCUT2D eigenvalue weighted by atomic mass is 16.5. The molecule has 0 saturated carbocycles. The van der Waals surface area contributed by atoms with Gasteiger partial charge in [0.1, 0.15) is 12.3 Å². The van der Waals surface area contributed by atoms with Crippen molar-refractivity contribution in [2.75, 3.05) is 18.1 Å². The van der Waals surface area contributed by atoms with Gasteiger partial charge in [0.2, 0.25) is 0 Å². The Labute approximate surface area is 96.4 Å². The molecule has 1 aromatic rings. The monoisotopic (exact) mass is 242 g/mol. The second-order valence-corrected chi connectivity index (χ2v) is 3.89. The van der Waals surface area contributed by atoms with Crippen molar-refractivity contribution in [3.63, 3.8) is 0 Å². The van der Waals surface area contributed by atoms with Gasteiger partial charge in [0.15, 0.2) is 5.82 Å². The number of ether oxygens (including phenoxy) is 1. The van der Waals surface area contributed by atoms with Crippen LogP contribution in [0.2, 0.25) is 0 Å². The van der Waals surface area contributed by atoms with Gasteiger partial charge in [-0.1, -0.05) is 0 Å². The van der Waals surface area contributed by atoms with Crippen LogP contribution < -0.4 is 17.2 Å². The third-order valence-corrected chi connectivity index (χ3v) is 2.71. The van der Waals surface area contributed by atoms with Crippen molar-refractivity contribution in [1.82, 2.24) is 9.55 Å². The summed E-state index contributed by atoms with van der Waals surface area (Å²) < 4.78 is 6.47. The van der Waals surface area contributed by atoms with Crippen molar-refractivity contribution in [2.45, 2.75) is 24.9 Å². The zero-order chi connectivity index (χ0) is 12.6. The summed E-state index contributed by atoms with van der Waals surface area (Å²) in [5.41, 5.74) is 10.5. The molecule has 6 N–H and O–H groups in total. The standard InChI is InChI=1S/C9H14N4O4/c10-4-2-13(9(16)12-8(4)11)7-1-5(15)6(3-14)17-7/h2,5-7,14-15H,1,3,10H2,(H2,11,12,16)/t5-,6+,7+/m1/s1. The van der Waals surface area contributed by atoms with Crippen LogP contribution in [-0.2, 0) is 4.74 Å². The van der Waals surface area contributed by atoms with Crippen LogP contribution in [0.25, 0.3) is 0 Å². The van der Waals surface area contributed by atoms with E-state index < -0.39 is 24.1 Å². The molecule has 94 valence electrons. The number of rotatable bonds is 2. The van der Waals surface area contributed by atoms with E-state index in [1.54, 1.807) is 0 Å². The maximum absolute atomic E-state index is 11.6. The van der Waals surface area contributed by atoms with E-state index in [1.165, 1.54) is 6.20 Å². The Hall–Kier alpha value is -1.64. The number of aliphatic hydroxyl groups excluding tert-OH is 2. The predicted octanol–water partition coefficient (Wildman–Crippen LogP) is -1.95. The highest BCUT2D eigenvalue weighted by Crippen LogP contribution is 2.27. The van der Waals surface area contributed by atoms with E-state index in [9.17, 15) is 9.90 Å². The second kappa shape index (κ2) is 4.32. The predicted molar refractivity (Wildman–Crippen MR) is 58.9 cm³/mol. The largest absolute Gasteiger partial charge is 0.395 e. The molecule has 0 amide bonds. The molecule has 17 heavy (non-hydrogen) atoms. The zero-order valence-electron chi connectivity index (χ0n) is 8.98. The van der Waals surface area contributed by atoms with Gasteiger partial charge in [0, 0.05) is 12.6 Å². The summed E-state index contributed by atoms with van der Waals surface area (Å²) >= 11 is 0. The van der Waals surface area contributed by atoms with Gasteiger partial charge in [-0.05, 0) is 0 Å². The van der Waals surface area contributed by atoms with Gasteiger partial charge >= 0.3 is 5.69 Å². The molecule has 0 bridgehead atoms. The smallest absolute Gasteiger partial charge is 0.351 e. The molecule has 2 heterocycles. The third kappa shape index (κ3) is 2.09. The Bertz CT molecular complexity index is 475. The molecule has 2 rings (SSSR count). The van der Waals surface area contributed by atoms with Crippen molar-refractivity contribution < 1.29 is 14.9 Å². The lowest BCUT2D eigenvalue weighted by atomic mass is 10.2. The van der Waals surface area contributed by atoms with Gasteiger partial charge in [-0.3, -0.25) is 4.57 Å². The number of hydrogen-bond acceptors (Lipinski definition) is 7. The fourth-order valence-corrected chi connectivity index (χ4v) is 1.75. The number of nitrogens with two attached hydrogens (primary N) is 2. The molecule has 1 aromatic heterocycles. The number of nitrogen functional groups attached to an aromatic ring is 2. The minimum atomic E-state index is -0.823. The highest BCUT2D eigenvalue weighted by Gasteiger charge is 2.35. The van der Waals surface area contributed by atoms with E-state index in [0.29, 0.717) is 0 Å². The van der Waals surface area contributed by atoms with Gasteiger partial charge in [-0.15, -0.1) is 0 Å². The SMILES string of the molecule is Nc1cn([C@@H]2C[C@@H](O)[C@H](CO)O2)c(=O)nc1N. The Morgan fingerprint density at radius 2 is 2.29 bits per heavy atom. The first-order valence-electron chi connectivity index (χ1n) is 5.11. The first-order valence-corrected chi connectivity index (χ1v) is 5.11. The molecule has 1 aliphatic rings. The number of aromatic nitrogens is 2. The molecule has 0 aromatic carbocycles. The average Bonchev–Trinajstić information content (AvgIpc) is 2.65. The molecule has 0 spiro atoms. The van der Waals surface area contributed by atoms with Crippen molar-refractivity contribution in [3.05, 3.63) is 16.7 Å². The maximum Gasteiger partial charge on any atom is 0.351 e. The average molecular weight is 242 g/mol. The van der Waals surface area contributed by atoms with Crippen LogP contribution in [-0.4, -0.2) is 38.6 Å². The van der Waals surface area contributed by atoms with E-state index in [1.807, 2.05) is 0 Å². The number of nitrogens with zero attached hydrogens (tertiary/aromatic N) is 2. The Morgan fingerprint density at radius 1 is 1.59 bits per heavy atom. The van der Waals surface area contributed by atoms with Crippen LogP contribution in [0.1, 0.15) is 12.6 Å². The fraction of sp³-hybridized carbons (Fsp3) is 0.556. The Balaban J connectivity index is 2.30. The first-order chi connectivity index (χ1) is 8.02. The van der Waals surface area contributed by atoms with E-state index in [-0.39, 0.29) is 24.5 Å². The van der Waals surface area contributed by atoms with E-state index in [4.69, 9.17) is 21.3 Å². The van der Waals surface area contributed by atoms with Crippen molar-refractivity contribution in [3.8, 4) is 0 Å². The highest BCUT2D eigenvalue weighted by molar-refractivity contribution is 5.55. The first kappa shape index (κ1) is 11.8. The van der Waals surface area contributed by atoms with Crippen LogP contribution in [0, 0.1) is 0 Å². The lowest BCUT2D eigenvalue weighted by Gasteiger charge is -2.14. The molecular weight excluding hydrogens is 228 g/mol. The summed E-state index contributed by atoms with van der Waals surface area (Å²) in [4.78, 5) is 15.1. The summed E-state index contributed by atoms with van der Waals surface area (Å²) in [5.74, 6) is -0.0384. The minimum absolute atomic E-state index is 0.0384. The molecule has 8 heteroatoms. The Morgan fingerprint density at radius 3 is 2.88 bits per heavy atom. The molecular formula is C9H14N4O4. The van der Waals surface area contributed by atoms with Gasteiger partial charge in [0.25, 0.3) is 0 Å². The molecule has 0 aliphatic carbocycles. The van der Waals surface area contributed by atoms with Crippen LogP contribution in [0.4, 0.5) is 11.5 Å². The molecule has 1 saturated heterocycles. The van der Waals surface area contributed by atoms with Gasteiger partial charge in [-0.25, -0.2) is 4.79 Å². The van der Waals surface area contributed by atoms with E-state index in [0.717, 1.165) is 4.57 Å². The minimum Gasteiger partial charge on any atom is -0.395 e. The molecule has 1 aliphatic heterocycles. The summed E-state index contributed by atoms with van der Waals surface area (Å²) in [6.07, 6.45) is -0.704. The van der Waals surface area contributed by atoms with Gasteiger partial charge < -0.3 is 26.4 Å². The summed E-state index contributed by atoms with van der Waals surface area (Å²) in [5, 5.41) is 18.5. The van der Waals surface area contributed by atoms with Crippen LogP contribution in [0.3, 0.4) is 0 Å². The maximum atomic E-state index is 11.6. The van der Waals surface area contributed by atoms with Crippen molar-refractivity contribution in [1.29, 1.82) is 0 Å². The van der Waals surface area contributed by atoms with E-state index in [2.05, 4.69) is 4.98 Å². The zero-order valence-corrected chi connectivity index (χ0v) is 8.98. The summed E-state index contributed by atoms with van der Waals surface area (Å²) in [6, 6.07) is 0. The van der Waals surface area contributed by atoms with Crippen LogP contribution in [0.15, 0.2) is 11.0 Å².